The molecule has 0 aromatic heterocycles. The zero-order valence-electron chi connectivity index (χ0n) is 10.7. The van der Waals surface area contributed by atoms with Gasteiger partial charge in [-0.05, 0) is 37.4 Å². The molecule has 100 valence electrons. The maximum atomic E-state index is 6.22. The first-order chi connectivity index (χ1) is 8.63. The van der Waals surface area contributed by atoms with Gasteiger partial charge in [-0.1, -0.05) is 42.3 Å². The Morgan fingerprint density at radius 3 is 2.72 bits per heavy atom. The van der Waals surface area contributed by atoms with Crippen molar-refractivity contribution in [2.75, 3.05) is 13.1 Å². The molecule has 0 saturated heterocycles. The summed E-state index contributed by atoms with van der Waals surface area (Å²) in [7, 11) is 0. The molecule has 0 heterocycles. The molecule has 1 fully saturated rings. The molecule has 4 heteroatoms. The summed E-state index contributed by atoms with van der Waals surface area (Å²) in [6, 6.07) is 6.41. The first-order valence-electron chi connectivity index (χ1n) is 6.57. The van der Waals surface area contributed by atoms with E-state index in [1.807, 2.05) is 12.1 Å². The van der Waals surface area contributed by atoms with Crippen molar-refractivity contribution in [2.45, 2.75) is 38.3 Å². The molecule has 1 aromatic carbocycles. The van der Waals surface area contributed by atoms with Crippen molar-refractivity contribution in [1.82, 2.24) is 4.90 Å². The topological polar surface area (TPSA) is 29.3 Å². The number of nitrogens with two attached hydrogens (primary N) is 1. The van der Waals surface area contributed by atoms with Crippen molar-refractivity contribution in [1.29, 1.82) is 0 Å². The molecule has 0 amide bonds. The lowest BCUT2D eigenvalue weighted by atomic mass is 10.0. The number of benzene rings is 1. The van der Waals surface area contributed by atoms with Crippen LogP contribution in [-0.2, 0) is 0 Å². The van der Waals surface area contributed by atoms with Crippen molar-refractivity contribution in [3.63, 3.8) is 0 Å². The lowest BCUT2D eigenvalue weighted by molar-refractivity contribution is 0.266. The van der Waals surface area contributed by atoms with Gasteiger partial charge in [0.25, 0.3) is 0 Å². The highest BCUT2D eigenvalue weighted by Gasteiger charge is 2.27. The van der Waals surface area contributed by atoms with E-state index >= 15 is 0 Å². The number of rotatable bonds is 6. The molecule has 1 aliphatic carbocycles. The van der Waals surface area contributed by atoms with Crippen LogP contribution in [0.15, 0.2) is 18.2 Å². The predicted molar refractivity (Wildman–Crippen MR) is 78.3 cm³/mol. The number of hydrogen-bond acceptors (Lipinski definition) is 2. The minimum atomic E-state index is -0.0380. The fourth-order valence-electron chi connectivity index (χ4n) is 2.31. The average molecular weight is 287 g/mol. The molecule has 2 N–H and O–H groups in total. The summed E-state index contributed by atoms with van der Waals surface area (Å²) in [5.41, 5.74) is 7.17. The molecule has 18 heavy (non-hydrogen) atoms. The van der Waals surface area contributed by atoms with Crippen LogP contribution >= 0.6 is 23.2 Å². The summed E-state index contributed by atoms with van der Waals surface area (Å²) in [6.45, 7) is 4.34. The van der Waals surface area contributed by atoms with E-state index in [4.69, 9.17) is 28.9 Å². The van der Waals surface area contributed by atoms with E-state index in [9.17, 15) is 0 Å². The molecular formula is C14H20Cl2N2. The fraction of sp³-hybridized carbons (Fsp3) is 0.571. The van der Waals surface area contributed by atoms with Gasteiger partial charge in [0.1, 0.15) is 0 Å². The Hall–Kier alpha value is -0.280. The van der Waals surface area contributed by atoms with Crippen molar-refractivity contribution >= 4 is 23.2 Å². The van der Waals surface area contributed by atoms with Gasteiger partial charge in [-0.15, -0.1) is 0 Å². The standard InChI is InChI=1S/C14H20Cl2N2/c1-2-18(10-6-7-10)9-8-13(17)11-4-3-5-12(15)14(11)16/h3-5,10,13H,2,6-9,17H2,1H3. The second-order valence-corrected chi connectivity index (χ2v) is 5.68. The van der Waals surface area contributed by atoms with Gasteiger partial charge in [0.05, 0.1) is 10.0 Å². The molecule has 1 aromatic rings. The Bertz CT molecular complexity index is 405. The predicted octanol–water partition coefficient (Wildman–Crippen LogP) is 3.87. The van der Waals surface area contributed by atoms with Crippen molar-refractivity contribution < 1.29 is 0 Å². The first-order valence-corrected chi connectivity index (χ1v) is 7.32. The van der Waals surface area contributed by atoms with E-state index in [1.165, 1.54) is 12.8 Å². The number of halogens is 2. The summed E-state index contributed by atoms with van der Waals surface area (Å²) < 4.78 is 0. The highest BCUT2D eigenvalue weighted by molar-refractivity contribution is 6.42. The van der Waals surface area contributed by atoms with Gasteiger partial charge < -0.3 is 10.6 Å². The van der Waals surface area contributed by atoms with Crippen molar-refractivity contribution in [3.05, 3.63) is 33.8 Å². The molecule has 0 aliphatic heterocycles. The molecule has 2 nitrogen and oxygen atoms in total. The van der Waals surface area contributed by atoms with Gasteiger partial charge in [0.15, 0.2) is 0 Å². The maximum absolute atomic E-state index is 6.22. The van der Waals surface area contributed by atoms with E-state index in [2.05, 4.69) is 11.8 Å². The second kappa shape index (κ2) is 6.25. The van der Waals surface area contributed by atoms with Crippen LogP contribution in [-0.4, -0.2) is 24.0 Å². The zero-order valence-corrected chi connectivity index (χ0v) is 12.2. The highest BCUT2D eigenvalue weighted by Crippen LogP contribution is 2.31. The second-order valence-electron chi connectivity index (χ2n) is 4.90. The quantitative estimate of drug-likeness (QED) is 0.860. The smallest absolute Gasteiger partial charge is 0.0640 e. The third kappa shape index (κ3) is 3.39. The number of hydrogen-bond donors (Lipinski definition) is 1. The molecule has 2 rings (SSSR count). The lowest BCUT2D eigenvalue weighted by Crippen LogP contribution is -2.29. The molecule has 0 spiro atoms. The Morgan fingerprint density at radius 2 is 2.11 bits per heavy atom. The average Bonchev–Trinajstić information content (AvgIpc) is 3.17. The fourth-order valence-corrected chi connectivity index (χ4v) is 2.75. The van der Waals surface area contributed by atoms with E-state index in [0.29, 0.717) is 10.0 Å². The minimum absolute atomic E-state index is 0.0380. The van der Waals surface area contributed by atoms with Crippen LogP contribution in [0.3, 0.4) is 0 Å². The van der Waals surface area contributed by atoms with Crippen molar-refractivity contribution in [2.24, 2.45) is 5.73 Å². The van der Waals surface area contributed by atoms with Crippen LogP contribution in [0.5, 0.6) is 0 Å². The lowest BCUT2D eigenvalue weighted by Gasteiger charge is -2.22. The van der Waals surface area contributed by atoms with Gasteiger partial charge in [-0.25, -0.2) is 0 Å². The van der Waals surface area contributed by atoms with Crippen LogP contribution in [0.2, 0.25) is 10.0 Å². The zero-order chi connectivity index (χ0) is 13.1. The van der Waals surface area contributed by atoms with Crippen LogP contribution in [0.1, 0.15) is 37.8 Å². The normalized spacial score (nSPS) is 17.2. The Balaban J connectivity index is 1.94. The van der Waals surface area contributed by atoms with Gasteiger partial charge in [-0.3, -0.25) is 0 Å². The van der Waals surface area contributed by atoms with Crippen LogP contribution in [0.25, 0.3) is 0 Å². The third-order valence-electron chi connectivity index (χ3n) is 3.58. The SMILES string of the molecule is CCN(CCC(N)c1cccc(Cl)c1Cl)C1CC1. The Kier molecular flexibility index (Phi) is 4.91. The Labute approximate surface area is 119 Å². The first kappa shape index (κ1) is 14.1. The van der Waals surface area contributed by atoms with Crippen LogP contribution in [0.4, 0.5) is 0 Å². The van der Waals surface area contributed by atoms with Gasteiger partial charge >= 0.3 is 0 Å². The van der Waals surface area contributed by atoms with Gasteiger partial charge in [-0.2, -0.15) is 0 Å². The third-order valence-corrected chi connectivity index (χ3v) is 4.41. The molecule has 1 unspecified atom stereocenters. The molecule has 0 bridgehead atoms. The molecule has 1 atom stereocenters. The minimum Gasteiger partial charge on any atom is -0.324 e. The maximum Gasteiger partial charge on any atom is 0.0640 e. The van der Waals surface area contributed by atoms with E-state index < -0.39 is 0 Å². The summed E-state index contributed by atoms with van der Waals surface area (Å²) >= 11 is 12.2. The van der Waals surface area contributed by atoms with Crippen LogP contribution < -0.4 is 5.73 Å². The van der Waals surface area contributed by atoms with E-state index in [0.717, 1.165) is 31.1 Å². The molecule has 1 saturated carbocycles. The molecule has 1 aliphatic rings. The largest absolute Gasteiger partial charge is 0.324 e. The van der Waals surface area contributed by atoms with E-state index in [-0.39, 0.29) is 6.04 Å². The highest BCUT2D eigenvalue weighted by atomic mass is 35.5. The summed E-state index contributed by atoms with van der Waals surface area (Å²) in [5.74, 6) is 0. The van der Waals surface area contributed by atoms with Crippen LogP contribution in [0, 0.1) is 0 Å². The molecule has 0 radical (unpaired) electrons. The van der Waals surface area contributed by atoms with Gasteiger partial charge in [0, 0.05) is 18.6 Å². The summed E-state index contributed by atoms with van der Waals surface area (Å²) in [4.78, 5) is 2.50. The Morgan fingerprint density at radius 1 is 1.39 bits per heavy atom. The van der Waals surface area contributed by atoms with E-state index in [1.54, 1.807) is 6.07 Å². The number of nitrogens with zero attached hydrogens (tertiary/aromatic N) is 1. The van der Waals surface area contributed by atoms with Gasteiger partial charge in [0.2, 0.25) is 0 Å². The molecular weight excluding hydrogens is 267 g/mol. The summed E-state index contributed by atoms with van der Waals surface area (Å²) in [6.07, 6.45) is 3.59. The monoisotopic (exact) mass is 286 g/mol. The van der Waals surface area contributed by atoms with Crippen molar-refractivity contribution in [3.8, 4) is 0 Å². The summed E-state index contributed by atoms with van der Waals surface area (Å²) in [5, 5.41) is 1.18.